The van der Waals surface area contributed by atoms with Gasteiger partial charge in [-0.25, -0.2) is 0 Å². The van der Waals surface area contributed by atoms with Gasteiger partial charge in [0, 0.05) is 6.42 Å². The van der Waals surface area contributed by atoms with E-state index in [0.717, 1.165) is 0 Å². The van der Waals surface area contributed by atoms with Crippen molar-refractivity contribution in [3.05, 3.63) is 0 Å². The summed E-state index contributed by atoms with van der Waals surface area (Å²) in [7, 11) is 0. The van der Waals surface area contributed by atoms with Crippen LogP contribution in [0.4, 0.5) is 0 Å². The first-order valence-corrected chi connectivity index (χ1v) is 5.27. The first-order chi connectivity index (χ1) is 5.85. The van der Waals surface area contributed by atoms with Crippen LogP contribution in [-0.2, 0) is 14.3 Å². The van der Waals surface area contributed by atoms with Gasteiger partial charge in [-0.3, -0.25) is 9.59 Å². The van der Waals surface area contributed by atoms with Gasteiger partial charge >= 0.3 is 5.97 Å². The second kappa shape index (κ2) is 5.37. The molecule has 0 aliphatic heterocycles. The van der Waals surface area contributed by atoms with E-state index in [4.69, 9.17) is 4.74 Å². The van der Waals surface area contributed by atoms with Crippen LogP contribution in [0.3, 0.4) is 0 Å². The Morgan fingerprint density at radius 1 is 1.23 bits per heavy atom. The summed E-state index contributed by atoms with van der Waals surface area (Å²) in [6.07, 6.45) is 0.419. The van der Waals surface area contributed by atoms with Crippen LogP contribution >= 0.6 is 15.9 Å². The Morgan fingerprint density at radius 3 is 2.15 bits per heavy atom. The molecule has 4 heteroatoms. The molecule has 0 saturated heterocycles. The number of ketones is 1. The van der Waals surface area contributed by atoms with Gasteiger partial charge in [0.25, 0.3) is 0 Å². The normalized spacial score (nSPS) is 11.1. The first kappa shape index (κ1) is 12.6. The SMILES string of the molecule is CC(C)(C)OC(=O)CCC(=O)CBr. The Kier molecular flexibility index (Phi) is 5.21. The molecule has 0 aliphatic rings. The maximum atomic E-state index is 11.1. The third-order valence-corrected chi connectivity index (χ3v) is 1.80. The molecule has 0 radical (unpaired) electrons. The fraction of sp³-hybridized carbons (Fsp3) is 0.778. The molecule has 0 aromatic rings. The van der Waals surface area contributed by atoms with Crippen molar-refractivity contribution in [1.29, 1.82) is 0 Å². The van der Waals surface area contributed by atoms with Gasteiger partial charge in [-0.05, 0) is 20.8 Å². The monoisotopic (exact) mass is 250 g/mol. The van der Waals surface area contributed by atoms with E-state index < -0.39 is 5.60 Å². The van der Waals surface area contributed by atoms with Crippen molar-refractivity contribution in [3.8, 4) is 0 Å². The number of esters is 1. The summed E-state index contributed by atoms with van der Waals surface area (Å²) < 4.78 is 5.03. The van der Waals surface area contributed by atoms with Crippen LogP contribution in [0.2, 0.25) is 0 Å². The van der Waals surface area contributed by atoms with E-state index in [1.54, 1.807) is 20.8 Å². The Labute approximate surface area is 87.0 Å². The second-order valence-corrected chi connectivity index (χ2v) is 4.32. The van der Waals surface area contributed by atoms with Gasteiger partial charge in [-0.15, -0.1) is 0 Å². The molecule has 0 rings (SSSR count). The molecule has 0 fully saturated rings. The van der Waals surface area contributed by atoms with Gasteiger partial charge in [0.05, 0.1) is 11.8 Å². The average Bonchev–Trinajstić information content (AvgIpc) is 1.97. The van der Waals surface area contributed by atoms with Crippen molar-refractivity contribution in [3.63, 3.8) is 0 Å². The molecule has 0 amide bonds. The molecule has 0 heterocycles. The number of ether oxygens (including phenoxy) is 1. The predicted molar refractivity (Wildman–Crippen MR) is 53.9 cm³/mol. The quantitative estimate of drug-likeness (QED) is 0.567. The molecule has 0 N–H and O–H groups in total. The largest absolute Gasteiger partial charge is 0.460 e. The summed E-state index contributed by atoms with van der Waals surface area (Å²) in [5.41, 5.74) is -0.464. The smallest absolute Gasteiger partial charge is 0.306 e. The van der Waals surface area contributed by atoms with Crippen molar-refractivity contribution in [2.75, 3.05) is 5.33 Å². The van der Waals surface area contributed by atoms with Crippen molar-refractivity contribution in [2.45, 2.75) is 39.2 Å². The molecule has 0 aromatic carbocycles. The molecule has 0 bridgehead atoms. The molecule has 0 spiro atoms. The summed E-state index contributed by atoms with van der Waals surface area (Å²) in [6, 6.07) is 0. The lowest BCUT2D eigenvalue weighted by Crippen LogP contribution is -2.24. The molecular weight excluding hydrogens is 236 g/mol. The van der Waals surface area contributed by atoms with Crippen molar-refractivity contribution >= 4 is 27.7 Å². The third-order valence-electron chi connectivity index (χ3n) is 1.18. The van der Waals surface area contributed by atoms with Crippen molar-refractivity contribution < 1.29 is 14.3 Å². The molecule has 0 saturated carbocycles. The Hall–Kier alpha value is -0.380. The number of carbonyl (C=O) groups is 2. The van der Waals surface area contributed by atoms with Gasteiger partial charge in [0.2, 0.25) is 0 Å². The maximum Gasteiger partial charge on any atom is 0.306 e. The molecular formula is C9H15BrO3. The minimum absolute atomic E-state index is 0.0193. The van der Waals surface area contributed by atoms with Crippen LogP contribution in [-0.4, -0.2) is 22.7 Å². The fourth-order valence-corrected chi connectivity index (χ4v) is 0.981. The first-order valence-electron chi connectivity index (χ1n) is 4.14. The lowest BCUT2D eigenvalue weighted by molar-refractivity contribution is -0.155. The number of hydrogen-bond donors (Lipinski definition) is 0. The number of hydrogen-bond acceptors (Lipinski definition) is 3. The number of rotatable bonds is 4. The number of halogens is 1. The molecule has 0 aromatic heterocycles. The summed E-state index contributed by atoms with van der Waals surface area (Å²) in [5, 5.41) is 0.301. The van der Waals surface area contributed by atoms with Gasteiger partial charge in [0.15, 0.2) is 0 Å². The van der Waals surface area contributed by atoms with Gasteiger partial charge < -0.3 is 4.74 Å². The second-order valence-electron chi connectivity index (χ2n) is 3.76. The highest BCUT2D eigenvalue weighted by Crippen LogP contribution is 2.09. The Balaban J connectivity index is 3.71. The van der Waals surface area contributed by atoms with Gasteiger partial charge in [-0.2, -0.15) is 0 Å². The van der Waals surface area contributed by atoms with Crippen LogP contribution in [0.25, 0.3) is 0 Å². The highest BCUT2D eigenvalue weighted by atomic mass is 79.9. The van der Waals surface area contributed by atoms with E-state index in [9.17, 15) is 9.59 Å². The molecule has 0 unspecified atom stereocenters. The zero-order valence-corrected chi connectivity index (χ0v) is 9.81. The lowest BCUT2D eigenvalue weighted by atomic mass is 10.2. The Bertz CT molecular complexity index is 194. The summed E-state index contributed by atoms with van der Waals surface area (Å²) in [6.45, 7) is 5.41. The van der Waals surface area contributed by atoms with Crippen molar-refractivity contribution in [1.82, 2.24) is 0 Å². The zero-order valence-electron chi connectivity index (χ0n) is 8.22. The third kappa shape index (κ3) is 7.96. The highest BCUT2D eigenvalue weighted by Gasteiger charge is 2.16. The summed E-state index contributed by atoms with van der Waals surface area (Å²) in [5.74, 6) is -0.298. The Morgan fingerprint density at radius 2 is 1.77 bits per heavy atom. The highest BCUT2D eigenvalue weighted by molar-refractivity contribution is 9.09. The van der Waals surface area contributed by atoms with E-state index in [1.165, 1.54) is 0 Å². The van der Waals surface area contributed by atoms with Crippen LogP contribution in [0.5, 0.6) is 0 Å². The number of carbonyl (C=O) groups excluding carboxylic acids is 2. The fourth-order valence-electron chi connectivity index (χ4n) is 0.701. The van der Waals surface area contributed by atoms with Crippen LogP contribution in [0, 0.1) is 0 Å². The van der Waals surface area contributed by atoms with Crippen LogP contribution in [0.15, 0.2) is 0 Å². The number of alkyl halides is 1. The topological polar surface area (TPSA) is 43.4 Å². The van der Waals surface area contributed by atoms with Crippen molar-refractivity contribution in [2.24, 2.45) is 0 Å². The van der Waals surface area contributed by atoms with Crippen LogP contribution in [0.1, 0.15) is 33.6 Å². The number of Topliss-reactive ketones (excluding diaryl/α,β-unsaturated/α-hetero) is 1. The molecule has 13 heavy (non-hydrogen) atoms. The minimum Gasteiger partial charge on any atom is -0.460 e. The summed E-state index contributed by atoms with van der Waals surface area (Å²) >= 11 is 3.02. The lowest BCUT2D eigenvalue weighted by Gasteiger charge is -2.19. The minimum atomic E-state index is -0.464. The van der Waals surface area contributed by atoms with Gasteiger partial charge in [-0.1, -0.05) is 15.9 Å². The van der Waals surface area contributed by atoms with E-state index >= 15 is 0 Å². The maximum absolute atomic E-state index is 11.1. The van der Waals surface area contributed by atoms with Gasteiger partial charge in [0.1, 0.15) is 11.4 Å². The van der Waals surface area contributed by atoms with Crippen LogP contribution < -0.4 is 0 Å². The molecule has 0 aliphatic carbocycles. The predicted octanol–water partition coefficient (Wildman–Crippen LogP) is 2.07. The average molecular weight is 251 g/mol. The van der Waals surface area contributed by atoms with E-state index in [0.29, 0.717) is 5.33 Å². The zero-order chi connectivity index (χ0) is 10.5. The summed E-state index contributed by atoms with van der Waals surface area (Å²) in [4.78, 5) is 21.9. The van der Waals surface area contributed by atoms with E-state index in [2.05, 4.69) is 15.9 Å². The molecule has 0 atom stereocenters. The standard InChI is InChI=1S/C9H15BrO3/c1-9(2,3)13-8(12)5-4-7(11)6-10/h4-6H2,1-3H3. The molecule has 76 valence electrons. The van der Waals surface area contributed by atoms with E-state index in [1.807, 2.05) is 0 Å². The van der Waals surface area contributed by atoms with E-state index in [-0.39, 0.29) is 24.6 Å². The molecule has 3 nitrogen and oxygen atoms in total.